The molecule has 0 spiro atoms. The number of unbranched alkanes of at least 4 members (excludes halogenated alkanes) is 2. The summed E-state index contributed by atoms with van der Waals surface area (Å²) in [5, 5.41) is 0.368. The predicted molar refractivity (Wildman–Crippen MR) is 167 cm³/mol. The van der Waals surface area contributed by atoms with Gasteiger partial charge < -0.3 is 19.1 Å². The number of halogens is 1. The van der Waals surface area contributed by atoms with Crippen LogP contribution >= 0.6 is 11.6 Å². The monoisotopic (exact) mass is 604 g/mol. The van der Waals surface area contributed by atoms with Gasteiger partial charge in [-0.05, 0) is 63.4 Å². The van der Waals surface area contributed by atoms with E-state index in [4.69, 9.17) is 32.4 Å². The van der Waals surface area contributed by atoms with Crippen LogP contribution in [0.5, 0.6) is 5.75 Å². The van der Waals surface area contributed by atoms with Gasteiger partial charge in [0, 0.05) is 47.6 Å². The Morgan fingerprint density at radius 2 is 1.84 bits per heavy atom. The molecule has 43 heavy (non-hydrogen) atoms. The van der Waals surface area contributed by atoms with Crippen LogP contribution in [0.15, 0.2) is 36.4 Å². The Morgan fingerprint density at radius 1 is 1.12 bits per heavy atom. The fourth-order valence-electron chi connectivity index (χ4n) is 6.72. The van der Waals surface area contributed by atoms with Crippen LogP contribution in [0, 0.1) is 29.2 Å². The predicted octanol–water partition coefficient (Wildman–Crippen LogP) is 7.61. The number of hydrogen-bond acceptors (Lipinski definition) is 5. The fraction of sp³-hybridized carbons (Fsp3) is 0.514. The zero-order valence-electron chi connectivity index (χ0n) is 26.2. The number of carbonyl (C=O) groups is 2. The molecule has 0 bridgehead atoms. The van der Waals surface area contributed by atoms with Crippen molar-refractivity contribution in [2.75, 3.05) is 13.2 Å². The maximum atomic E-state index is 13.7. The van der Waals surface area contributed by atoms with Crippen LogP contribution in [0.3, 0.4) is 0 Å². The Kier molecular flexibility index (Phi) is 9.50. The lowest BCUT2D eigenvalue weighted by Crippen LogP contribution is -2.74. The van der Waals surface area contributed by atoms with Gasteiger partial charge in [-0.3, -0.25) is 4.79 Å². The molecule has 0 unspecified atom stereocenters. The molecule has 2 aliphatic rings. The Labute approximate surface area is 260 Å². The van der Waals surface area contributed by atoms with E-state index in [0.717, 1.165) is 24.0 Å². The van der Waals surface area contributed by atoms with Crippen LogP contribution in [0.25, 0.3) is 4.85 Å². The van der Waals surface area contributed by atoms with E-state index in [-0.39, 0.29) is 41.5 Å². The van der Waals surface area contributed by atoms with Gasteiger partial charge in [-0.25, -0.2) is 9.64 Å². The fourth-order valence-corrected chi connectivity index (χ4v) is 6.93. The maximum Gasteiger partial charge on any atom is 0.332 e. The number of carbonyl (C=O) groups excluding carboxylic acids is 2. The lowest BCUT2D eigenvalue weighted by Gasteiger charge is -2.65. The molecule has 1 fully saturated rings. The van der Waals surface area contributed by atoms with Gasteiger partial charge in [-0.1, -0.05) is 63.3 Å². The number of hydrogen-bond donors (Lipinski definition) is 0. The SMILES string of the molecule is [C-]#[N+]c1ccc(OC2C(C)(C)C(N3Cc4ccc(C#CCCCCOCC(=O)OC(C)(C)C)cc4C3=O)C2(C)C)cc1Cl. The summed E-state index contributed by atoms with van der Waals surface area (Å²) in [5.74, 6) is 6.68. The second-order valence-electron chi connectivity index (χ2n) is 13.5. The number of ether oxygens (including phenoxy) is 3. The first kappa shape index (κ1) is 32.4. The molecule has 0 radical (unpaired) electrons. The highest BCUT2D eigenvalue weighted by Gasteiger charge is 2.66. The van der Waals surface area contributed by atoms with Crippen LogP contribution in [0.4, 0.5) is 5.69 Å². The molecule has 0 N–H and O–H groups in total. The van der Waals surface area contributed by atoms with Gasteiger partial charge in [-0.15, -0.1) is 0 Å². The van der Waals surface area contributed by atoms with Gasteiger partial charge in [0.05, 0.1) is 11.6 Å². The molecule has 7 nitrogen and oxygen atoms in total. The molecule has 1 aliphatic carbocycles. The van der Waals surface area contributed by atoms with Crippen molar-refractivity contribution in [1.82, 2.24) is 4.90 Å². The van der Waals surface area contributed by atoms with Crippen LogP contribution in [0.2, 0.25) is 5.02 Å². The van der Waals surface area contributed by atoms with Gasteiger partial charge in [0.1, 0.15) is 24.1 Å². The minimum atomic E-state index is -0.511. The van der Waals surface area contributed by atoms with E-state index in [1.54, 1.807) is 18.2 Å². The van der Waals surface area contributed by atoms with Crippen LogP contribution in [-0.2, 0) is 20.8 Å². The molecule has 4 rings (SSSR count). The number of fused-ring (bicyclic) bond motifs is 1. The number of benzene rings is 2. The summed E-state index contributed by atoms with van der Waals surface area (Å²) in [6.07, 6.45) is 2.20. The normalized spacial score (nSPS) is 19.9. The van der Waals surface area contributed by atoms with Crippen molar-refractivity contribution in [2.45, 2.75) is 92.0 Å². The molecule has 2 aromatic rings. The van der Waals surface area contributed by atoms with Crippen molar-refractivity contribution in [3.63, 3.8) is 0 Å². The third-order valence-electron chi connectivity index (χ3n) is 8.02. The summed E-state index contributed by atoms with van der Waals surface area (Å²) >= 11 is 6.25. The van der Waals surface area contributed by atoms with E-state index < -0.39 is 5.60 Å². The van der Waals surface area contributed by atoms with Gasteiger partial charge >= 0.3 is 5.97 Å². The standard InChI is InChI=1S/C35H41ClN2O5/c1-33(2,3)43-29(39)22-41-18-12-10-9-11-13-23-14-15-24-21-38(30(40)26(24)19-23)31-34(4,5)32(35(31,6)7)42-25-16-17-28(37-8)27(36)20-25/h14-17,19-20,31-32H,9-10,12,18,21-22H2,1-7H3. The molecular weight excluding hydrogens is 564 g/mol. The third kappa shape index (κ3) is 7.18. The number of rotatable bonds is 9. The van der Waals surface area contributed by atoms with Crippen molar-refractivity contribution in [3.8, 4) is 17.6 Å². The molecule has 1 amide bonds. The zero-order chi connectivity index (χ0) is 31.6. The topological polar surface area (TPSA) is 69.4 Å². The first-order valence-electron chi connectivity index (χ1n) is 14.7. The van der Waals surface area contributed by atoms with Gasteiger partial charge in [0.15, 0.2) is 0 Å². The Balaban J connectivity index is 1.31. The first-order chi connectivity index (χ1) is 20.1. The van der Waals surface area contributed by atoms with E-state index in [1.807, 2.05) is 43.9 Å². The van der Waals surface area contributed by atoms with E-state index in [9.17, 15) is 9.59 Å². The lowest BCUT2D eigenvalue weighted by molar-refractivity contribution is -0.199. The van der Waals surface area contributed by atoms with Crippen molar-refractivity contribution in [1.29, 1.82) is 0 Å². The second-order valence-corrected chi connectivity index (χ2v) is 13.9. The summed E-state index contributed by atoms with van der Waals surface area (Å²) in [7, 11) is 0. The molecule has 8 heteroatoms. The highest BCUT2D eigenvalue weighted by molar-refractivity contribution is 6.33. The Hall–Kier alpha value is -3.52. The van der Waals surface area contributed by atoms with E-state index in [2.05, 4.69) is 44.4 Å². The van der Waals surface area contributed by atoms with Gasteiger partial charge in [0.2, 0.25) is 5.69 Å². The lowest BCUT2D eigenvalue weighted by atomic mass is 9.49. The number of amides is 1. The average Bonchev–Trinajstić information content (AvgIpc) is 3.22. The highest BCUT2D eigenvalue weighted by atomic mass is 35.5. The zero-order valence-corrected chi connectivity index (χ0v) is 26.9. The molecule has 2 aromatic carbocycles. The van der Waals surface area contributed by atoms with E-state index in [0.29, 0.717) is 41.6 Å². The van der Waals surface area contributed by atoms with Crippen LogP contribution in [-0.4, -0.2) is 47.7 Å². The summed E-state index contributed by atoms with van der Waals surface area (Å²) < 4.78 is 17.1. The van der Waals surface area contributed by atoms with Crippen molar-refractivity contribution < 1.29 is 23.8 Å². The molecule has 0 saturated heterocycles. The van der Waals surface area contributed by atoms with Crippen LogP contribution in [0.1, 0.15) is 89.2 Å². The molecule has 1 saturated carbocycles. The van der Waals surface area contributed by atoms with E-state index >= 15 is 0 Å². The Bertz CT molecular complexity index is 1470. The van der Waals surface area contributed by atoms with Crippen molar-refractivity contribution in [2.24, 2.45) is 10.8 Å². The minimum Gasteiger partial charge on any atom is -0.489 e. The van der Waals surface area contributed by atoms with Crippen molar-refractivity contribution >= 4 is 29.2 Å². The number of nitrogens with zero attached hydrogens (tertiary/aromatic N) is 2. The molecule has 228 valence electrons. The second kappa shape index (κ2) is 12.6. The quantitative estimate of drug-likeness (QED) is 0.127. The summed E-state index contributed by atoms with van der Waals surface area (Å²) in [4.78, 5) is 30.8. The summed E-state index contributed by atoms with van der Waals surface area (Å²) in [6.45, 7) is 22.2. The van der Waals surface area contributed by atoms with Gasteiger partial charge in [-0.2, -0.15) is 0 Å². The van der Waals surface area contributed by atoms with E-state index in [1.165, 1.54) is 0 Å². The summed E-state index contributed by atoms with van der Waals surface area (Å²) in [5.41, 5.74) is 1.79. The largest absolute Gasteiger partial charge is 0.489 e. The maximum absolute atomic E-state index is 13.7. The van der Waals surface area contributed by atoms with Gasteiger partial charge in [0.25, 0.3) is 5.91 Å². The van der Waals surface area contributed by atoms with Crippen LogP contribution < -0.4 is 4.74 Å². The molecule has 1 aliphatic heterocycles. The third-order valence-corrected chi connectivity index (χ3v) is 8.32. The first-order valence-corrected chi connectivity index (χ1v) is 15.1. The Morgan fingerprint density at radius 3 is 2.49 bits per heavy atom. The molecular formula is C35H41ClN2O5. The summed E-state index contributed by atoms with van der Waals surface area (Å²) in [6, 6.07) is 11.0. The molecule has 0 atom stereocenters. The highest BCUT2D eigenvalue weighted by Crippen LogP contribution is 2.59. The molecule has 1 heterocycles. The smallest absolute Gasteiger partial charge is 0.332 e. The average molecular weight is 605 g/mol. The number of esters is 1. The minimum absolute atomic E-state index is 0.0230. The van der Waals surface area contributed by atoms with Crippen molar-refractivity contribution in [3.05, 3.63) is 69.5 Å². The molecule has 0 aromatic heterocycles.